The van der Waals surface area contributed by atoms with Crippen molar-refractivity contribution in [2.45, 2.75) is 6.42 Å². The van der Waals surface area contributed by atoms with E-state index in [2.05, 4.69) is 25.6 Å². The molecule has 0 radical (unpaired) electrons. The number of aromatic nitrogens is 3. The molecule has 0 aliphatic rings. The van der Waals surface area contributed by atoms with Gasteiger partial charge in [0.05, 0.1) is 5.39 Å². The molecule has 0 bridgehead atoms. The van der Waals surface area contributed by atoms with Gasteiger partial charge in [-0.2, -0.15) is 4.98 Å². The fraction of sp³-hybridized carbons (Fsp3) is 0.214. The van der Waals surface area contributed by atoms with Crippen molar-refractivity contribution in [3.63, 3.8) is 0 Å². The number of hydrogen-bond acceptors (Lipinski definition) is 6. The smallest absolute Gasteiger partial charge is 0.225 e. The Balaban J connectivity index is 1.75. The lowest BCUT2D eigenvalue weighted by Crippen LogP contribution is -2.08. The number of pyridine rings is 1. The molecule has 0 saturated heterocycles. The van der Waals surface area contributed by atoms with Crippen molar-refractivity contribution >= 4 is 33.3 Å². The molecule has 0 amide bonds. The quantitative estimate of drug-likeness (QED) is 0.754. The molecule has 0 aliphatic carbocycles. The zero-order chi connectivity index (χ0) is 13.8. The Bertz CT molecular complexity index is 695. The summed E-state index contributed by atoms with van der Waals surface area (Å²) in [6.45, 7) is 0.828. The van der Waals surface area contributed by atoms with E-state index in [0.29, 0.717) is 5.95 Å². The predicted molar refractivity (Wildman–Crippen MR) is 83.4 cm³/mol. The second-order valence-electron chi connectivity index (χ2n) is 4.32. The molecule has 102 valence electrons. The van der Waals surface area contributed by atoms with E-state index >= 15 is 0 Å². The zero-order valence-electron chi connectivity index (χ0n) is 11.1. The first kappa shape index (κ1) is 12.8. The highest BCUT2D eigenvalue weighted by molar-refractivity contribution is 7.16. The second kappa shape index (κ2) is 5.83. The van der Waals surface area contributed by atoms with Gasteiger partial charge >= 0.3 is 0 Å². The van der Waals surface area contributed by atoms with Crippen LogP contribution in [0.15, 0.2) is 36.0 Å². The summed E-state index contributed by atoms with van der Waals surface area (Å²) in [5, 5.41) is 9.49. The SMILES string of the molecule is CNc1nc(NCCc2ccncc2)c2ccsc2n1. The largest absolute Gasteiger partial charge is 0.369 e. The lowest BCUT2D eigenvalue weighted by Gasteiger charge is -2.08. The molecule has 0 fully saturated rings. The maximum Gasteiger partial charge on any atom is 0.225 e. The monoisotopic (exact) mass is 285 g/mol. The van der Waals surface area contributed by atoms with Gasteiger partial charge in [-0.15, -0.1) is 11.3 Å². The van der Waals surface area contributed by atoms with Crippen LogP contribution in [0.4, 0.5) is 11.8 Å². The number of hydrogen-bond donors (Lipinski definition) is 2. The van der Waals surface area contributed by atoms with E-state index in [1.807, 2.05) is 43.0 Å². The topological polar surface area (TPSA) is 62.7 Å². The van der Waals surface area contributed by atoms with Crippen molar-refractivity contribution in [2.24, 2.45) is 0 Å². The van der Waals surface area contributed by atoms with Gasteiger partial charge in [0.1, 0.15) is 10.6 Å². The second-order valence-corrected chi connectivity index (χ2v) is 5.21. The van der Waals surface area contributed by atoms with Gasteiger partial charge in [0.25, 0.3) is 0 Å². The summed E-state index contributed by atoms with van der Waals surface area (Å²) >= 11 is 1.62. The third-order valence-corrected chi connectivity index (χ3v) is 3.81. The van der Waals surface area contributed by atoms with Gasteiger partial charge in [-0.1, -0.05) is 0 Å². The minimum Gasteiger partial charge on any atom is -0.369 e. The number of fused-ring (bicyclic) bond motifs is 1. The first-order valence-corrected chi connectivity index (χ1v) is 7.30. The number of anilines is 2. The molecule has 0 aliphatic heterocycles. The van der Waals surface area contributed by atoms with E-state index in [1.165, 1.54) is 5.56 Å². The van der Waals surface area contributed by atoms with Crippen LogP contribution in [0.2, 0.25) is 0 Å². The Morgan fingerprint density at radius 1 is 1.15 bits per heavy atom. The number of nitrogens with zero attached hydrogens (tertiary/aromatic N) is 3. The fourth-order valence-corrected chi connectivity index (χ4v) is 2.74. The summed E-state index contributed by atoms with van der Waals surface area (Å²) in [6.07, 6.45) is 4.57. The van der Waals surface area contributed by atoms with Crippen LogP contribution < -0.4 is 10.6 Å². The van der Waals surface area contributed by atoms with E-state index in [-0.39, 0.29) is 0 Å². The van der Waals surface area contributed by atoms with Gasteiger partial charge in [0, 0.05) is 26.0 Å². The molecular formula is C14H15N5S. The van der Waals surface area contributed by atoms with Crippen LogP contribution in [-0.2, 0) is 6.42 Å². The standard InChI is InChI=1S/C14H15N5S/c1-15-14-18-12(11-5-9-20-13(11)19-14)17-8-4-10-2-6-16-7-3-10/h2-3,5-7,9H,4,8H2,1H3,(H2,15,17,18,19). The van der Waals surface area contributed by atoms with Gasteiger partial charge in [0.2, 0.25) is 5.95 Å². The van der Waals surface area contributed by atoms with Gasteiger partial charge in [-0.3, -0.25) is 4.98 Å². The van der Waals surface area contributed by atoms with Crippen LogP contribution in [0.1, 0.15) is 5.56 Å². The normalized spacial score (nSPS) is 10.7. The van der Waals surface area contributed by atoms with Crippen molar-refractivity contribution < 1.29 is 0 Å². The minimum absolute atomic E-state index is 0.645. The molecule has 6 heteroatoms. The van der Waals surface area contributed by atoms with Crippen molar-refractivity contribution in [3.05, 3.63) is 41.5 Å². The Kier molecular flexibility index (Phi) is 3.73. The molecule has 3 aromatic rings. The van der Waals surface area contributed by atoms with Gasteiger partial charge in [0.15, 0.2) is 0 Å². The Morgan fingerprint density at radius 3 is 2.80 bits per heavy atom. The van der Waals surface area contributed by atoms with Gasteiger partial charge < -0.3 is 10.6 Å². The summed E-state index contributed by atoms with van der Waals surface area (Å²) in [5.74, 6) is 1.53. The molecule has 0 saturated carbocycles. The first-order chi connectivity index (χ1) is 9.86. The predicted octanol–water partition coefficient (Wildman–Crippen LogP) is 2.78. The minimum atomic E-state index is 0.645. The van der Waals surface area contributed by atoms with Crippen LogP contribution in [0.5, 0.6) is 0 Å². The average Bonchev–Trinajstić information content (AvgIpc) is 2.96. The highest BCUT2D eigenvalue weighted by Gasteiger charge is 2.07. The molecule has 0 spiro atoms. The highest BCUT2D eigenvalue weighted by atomic mass is 32.1. The lowest BCUT2D eigenvalue weighted by molar-refractivity contribution is 1.00. The first-order valence-electron chi connectivity index (χ1n) is 6.42. The lowest BCUT2D eigenvalue weighted by atomic mass is 10.2. The van der Waals surface area contributed by atoms with Crippen LogP contribution in [-0.4, -0.2) is 28.5 Å². The van der Waals surface area contributed by atoms with E-state index in [4.69, 9.17) is 0 Å². The maximum absolute atomic E-state index is 4.48. The summed E-state index contributed by atoms with van der Waals surface area (Å²) in [6, 6.07) is 6.11. The molecule has 3 rings (SSSR count). The summed E-state index contributed by atoms with van der Waals surface area (Å²) in [5.41, 5.74) is 1.26. The Labute approximate surface area is 121 Å². The van der Waals surface area contributed by atoms with Crippen LogP contribution in [0, 0.1) is 0 Å². The average molecular weight is 285 g/mol. The number of nitrogens with one attached hydrogen (secondary N) is 2. The Hall–Kier alpha value is -2.21. The van der Waals surface area contributed by atoms with Gasteiger partial charge in [-0.25, -0.2) is 4.98 Å². The van der Waals surface area contributed by atoms with Crippen molar-refractivity contribution in [1.29, 1.82) is 0 Å². The third-order valence-electron chi connectivity index (χ3n) is 3.00. The molecule has 5 nitrogen and oxygen atoms in total. The molecular weight excluding hydrogens is 270 g/mol. The molecule has 3 aromatic heterocycles. The van der Waals surface area contributed by atoms with Crippen molar-refractivity contribution in [1.82, 2.24) is 15.0 Å². The zero-order valence-corrected chi connectivity index (χ0v) is 11.9. The molecule has 20 heavy (non-hydrogen) atoms. The highest BCUT2D eigenvalue weighted by Crippen LogP contribution is 2.26. The molecule has 0 atom stereocenters. The summed E-state index contributed by atoms with van der Waals surface area (Å²) < 4.78 is 0. The van der Waals surface area contributed by atoms with E-state index < -0.39 is 0 Å². The third kappa shape index (κ3) is 2.70. The van der Waals surface area contributed by atoms with Crippen molar-refractivity contribution in [2.75, 3.05) is 24.2 Å². The van der Waals surface area contributed by atoms with Crippen LogP contribution >= 0.6 is 11.3 Å². The number of rotatable bonds is 5. The molecule has 0 aromatic carbocycles. The molecule has 0 unspecified atom stereocenters. The van der Waals surface area contributed by atoms with E-state index in [1.54, 1.807) is 11.3 Å². The molecule has 2 N–H and O–H groups in total. The van der Waals surface area contributed by atoms with Crippen LogP contribution in [0.3, 0.4) is 0 Å². The number of thiophene rings is 1. The molecule has 3 heterocycles. The van der Waals surface area contributed by atoms with E-state index in [0.717, 1.165) is 29.0 Å². The maximum atomic E-state index is 4.48. The van der Waals surface area contributed by atoms with Gasteiger partial charge in [-0.05, 0) is 35.6 Å². The Morgan fingerprint density at radius 2 is 2.00 bits per heavy atom. The fourth-order valence-electron chi connectivity index (χ4n) is 1.98. The van der Waals surface area contributed by atoms with Crippen molar-refractivity contribution in [3.8, 4) is 0 Å². The van der Waals surface area contributed by atoms with Crippen LogP contribution in [0.25, 0.3) is 10.2 Å². The summed E-state index contributed by atoms with van der Waals surface area (Å²) in [7, 11) is 1.83. The van der Waals surface area contributed by atoms with E-state index in [9.17, 15) is 0 Å². The summed E-state index contributed by atoms with van der Waals surface area (Å²) in [4.78, 5) is 13.9.